The molecule has 1 aliphatic heterocycles. The van der Waals surface area contributed by atoms with Crippen LogP contribution < -0.4 is 10.6 Å². The zero-order valence-corrected chi connectivity index (χ0v) is 8.34. The van der Waals surface area contributed by atoms with Crippen LogP contribution in [0.3, 0.4) is 0 Å². The van der Waals surface area contributed by atoms with E-state index in [0.717, 1.165) is 0 Å². The van der Waals surface area contributed by atoms with Crippen LogP contribution in [0.15, 0.2) is 0 Å². The van der Waals surface area contributed by atoms with Crippen LogP contribution in [-0.4, -0.2) is 24.0 Å². The van der Waals surface area contributed by atoms with E-state index < -0.39 is 0 Å². The van der Waals surface area contributed by atoms with E-state index in [4.69, 9.17) is 0 Å². The molecular weight excluding hydrogens is 164 g/mol. The fourth-order valence-electron chi connectivity index (χ4n) is 2.52. The number of carbonyl (C=O) groups is 1. The summed E-state index contributed by atoms with van der Waals surface area (Å²) in [4.78, 5) is 11.7. The average molecular weight is 182 g/mol. The Labute approximate surface area is 79.3 Å². The number of piperidine rings is 1. The quantitative estimate of drug-likeness (QED) is 0.658. The van der Waals surface area contributed by atoms with Crippen molar-refractivity contribution in [1.29, 1.82) is 0 Å². The molecule has 1 saturated carbocycles. The number of amides is 1. The summed E-state index contributed by atoms with van der Waals surface area (Å²) in [7, 11) is 0. The standard InChI is InChI=1S/C10H18N2O/c1-6(2)11-10(13)9-7-3-4-8(5-7)12-9/h6-9,12H,3-5H2,1-2H3,(H,11,13)/t7-,8-,9-/m0/s1. The Hall–Kier alpha value is -0.570. The molecule has 3 atom stereocenters. The summed E-state index contributed by atoms with van der Waals surface area (Å²) in [5.74, 6) is 0.797. The van der Waals surface area contributed by atoms with Crippen molar-refractivity contribution < 1.29 is 4.79 Å². The molecule has 1 saturated heterocycles. The second-order valence-corrected chi connectivity index (χ2v) is 4.58. The molecule has 0 aromatic carbocycles. The van der Waals surface area contributed by atoms with Gasteiger partial charge >= 0.3 is 0 Å². The molecule has 2 bridgehead atoms. The van der Waals surface area contributed by atoms with E-state index in [1.165, 1.54) is 19.3 Å². The molecular formula is C10H18N2O. The first-order valence-electron chi connectivity index (χ1n) is 5.23. The summed E-state index contributed by atoms with van der Waals surface area (Å²) < 4.78 is 0. The van der Waals surface area contributed by atoms with Gasteiger partial charge in [-0.3, -0.25) is 4.79 Å². The lowest BCUT2D eigenvalue weighted by Gasteiger charge is -2.23. The van der Waals surface area contributed by atoms with Gasteiger partial charge in [-0.2, -0.15) is 0 Å². The summed E-state index contributed by atoms with van der Waals surface area (Å²) in [6, 6.07) is 0.975. The summed E-state index contributed by atoms with van der Waals surface area (Å²) >= 11 is 0. The third kappa shape index (κ3) is 1.70. The number of rotatable bonds is 2. The minimum absolute atomic E-state index is 0.0983. The Kier molecular flexibility index (Phi) is 2.28. The third-order valence-electron chi connectivity index (χ3n) is 3.07. The number of nitrogens with one attached hydrogen (secondary N) is 2. The average Bonchev–Trinajstić information content (AvgIpc) is 2.62. The molecule has 2 aliphatic rings. The molecule has 13 heavy (non-hydrogen) atoms. The molecule has 3 heteroatoms. The molecule has 1 amide bonds. The molecule has 0 unspecified atom stereocenters. The van der Waals surface area contributed by atoms with Crippen molar-refractivity contribution in [3.63, 3.8) is 0 Å². The van der Waals surface area contributed by atoms with Crippen LogP contribution in [0.2, 0.25) is 0 Å². The number of fused-ring (bicyclic) bond motifs is 2. The van der Waals surface area contributed by atoms with E-state index in [1.807, 2.05) is 13.8 Å². The van der Waals surface area contributed by atoms with Crippen LogP contribution >= 0.6 is 0 Å². The molecule has 0 spiro atoms. The third-order valence-corrected chi connectivity index (χ3v) is 3.07. The van der Waals surface area contributed by atoms with Gasteiger partial charge in [0, 0.05) is 12.1 Å². The van der Waals surface area contributed by atoms with Gasteiger partial charge in [-0.15, -0.1) is 0 Å². The second kappa shape index (κ2) is 3.29. The molecule has 1 aliphatic carbocycles. The lowest BCUT2D eigenvalue weighted by molar-refractivity contribution is -0.124. The van der Waals surface area contributed by atoms with Crippen molar-refractivity contribution in [2.45, 2.75) is 51.2 Å². The van der Waals surface area contributed by atoms with Gasteiger partial charge in [-0.05, 0) is 39.0 Å². The SMILES string of the molecule is CC(C)NC(=O)[C@H]1N[C@H]2CC[C@H]1C2. The molecule has 2 rings (SSSR count). The number of hydrogen-bond donors (Lipinski definition) is 2. The highest BCUT2D eigenvalue weighted by atomic mass is 16.2. The van der Waals surface area contributed by atoms with Crippen LogP contribution in [0.1, 0.15) is 33.1 Å². The zero-order valence-electron chi connectivity index (χ0n) is 8.34. The van der Waals surface area contributed by atoms with Crippen LogP contribution in [0.4, 0.5) is 0 Å². The van der Waals surface area contributed by atoms with Crippen LogP contribution in [0.25, 0.3) is 0 Å². The van der Waals surface area contributed by atoms with Gasteiger partial charge in [-0.1, -0.05) is 0 Å². The van der Waals surface area contributed by atoms with E-state index in [1.54, 1.807) is 0 Å². The minimum Gasteiger partial charge on any atom is -0.353 e. The van der Waals surface area contributed by atoms with Gasteiger partial charge in [0.05, 0.1) is 6.04 Å². The second-order valence-electron chi connectivity index (χ2n) is 4.58. The first-order valence-corrected chi connectivity index (χ1v) is 5.23. The Morgan fingerprint density at radius 3 is 2.69 bits per heavy atom. The lowest BCUT2D eigenvalue weighted by atomic mass is 9.99. The van der Waals surface area contributed by atoms with E-state index in [9.17, 15) is 4.79 Å². The number of carbonyl (C=O) groups excluding carboxylic acids is 1. The Morgan fingerprint density at radius 1 is 1.46 bits per heavy atom. The molecule has 0 radical (unpaired) electrons. The Morgan fingerprint density at radius 2 is 2.23 bits per heavy atom. The topological polar surface area (TPSA) is 41.1 Å². The van der Waals surface area contributed by atoms with Crippen molar-refractivity contribution in [3.05, 3.63) is 0 Å². The van der Waals surface area contributed by atoms with E-state index in [2.05, 4.69) is 10.6 Å². The van der Waals surface area contributed by atoms with Gasteiger partial charge in [0.1, 0.15) is 0 Å². The van der Waals surface area contributed by atoms with Crippen molar-refractivity contribution >= 4 is 5.91 Å². The lowest BCUT2D eigenvalue weighted by Crippen LogP contribution is -2.49. The van der Waals surface area contributed by atoms with Crippen molar-refractivity contribution in [2.75, 3.05) is 0 Å². The molecule has 3 nitrogen and oxygen atoms in total. The van der Waals surface area contributed by atoms with Gasteiger partial charge in [0.2, 0.25) is 5.91 Å². The Bertz CT molecular complexity index is 215. The first kappa shape index (κ1) is 9.00. The summed E-state index contributed by atoms with van der Waals surface area (Å²) in [6.07, 6.45) is 3.69. The van der Waals surface area contributed by atoms with Gasteiger partial charge in [0.15, 0.2) is 0 Å². The monoisotopic (exact) mass is 182 g/mol. The Balaban J connectivity index is 1.91. The number of hydrogen-bond acceptors (Lipinski definition) is 2. The van der Waals surface area contributed by atoms with Crippen LogP contribution in [0.5, 0.6) is 0 Å². The highest BCUT2D eigenvalue weighted by molar-refractivity contribution is 5.82. The van der Waals surface area contributed by atoms with Crippen LogP contribution in [-0.2, 0) is 4.79 Å². The maximum Gasteiger partial charge on any atom is 0.237 e. The highest BCUT2D eigenvalue weighted by Gasteiger charge is 2.42. The van der Waals surface area contributed by atoms with E-state index in [-0.39, 0.29) is 18.0 Å². The largest absolute Gasteiger partial charge is 0.353 e. The normalized spacial score (nSPS) is 37.0. The predicted octanol–water partition coefficient (Wildman–Crippen LogP) is 0.651. The summed E-state index contributed by atoms with van der Waals surface area (Å²) in [5, 5.41) is 6.35. The van der Waals surface area contributed by atoms with Crippen molar-refractivity contribution in [2.24, 2.45) is 5.92 Å². The van der Waals surface area contributed by atoms with Crippen LogP contribution in [0, 0.1) is 5.92 Å². The molecule has 74 valence electrons. The summed E-state index contributed by atoms with van der Waals surface area (Å²) in [5.41, 5.74) is 0. The molecule has 2 N–H and O–H groups in total. The van der Waals surface area contributed by atoms with Crippen molar-refractivity contribution in [1.82, 2.24) is 10.6 Å². The molecule has 2 fully saturated rings. The fourth-order valence-corrected chi connectivity index (χ4v) is 2.52. The van der Waals surface area contributed by atoms with E-state index in [0.29, 0.717) is 12.0 Å². The maximum atomic E-state index is 11.7. The fraction of sp³-hybridized carbons (Fsp3) is 0.900. The smallest absolute Gasteiger partial charge is 0.237 e. The van der Waals surface area contributed by atoms with Gasteiger partial charge in [0.25, 0.3) is 0 Å². The highest BCUT2D eigenvalue weighted by Crippen LogP contribution is 2.35. The molecule has 1 heterocycles. The zero-order chi connectivity index (χ0) is 9.42. The predicted molar refractivity (Wildman–Crippen MR) is 51.3 cm³/mol. The summed E-state index contributed by atoms with van der Waals surface area (Å²) in [6.45, 7) is 4.01. The van der Waals surface area contributed by atoms with Gasteiger partial charge < -0.3 is 10.6 Å². The minimum atomic E-state index is 0.0983. The van der Waals surface area contributed by atoms with Gasteiger partial charge in [-0.25, -0.2) is 0 Å². The maximum absolute atomic E-state index is 11.7. The van der Waals surface area contributed by atoms with Crippen molar-refractivity contribution in [3.8, 4) is 0 Å². The molecule has 0 aromatic heterocycles. The van der Waals surface area contributed by atoms with E-state index >= 15 is 0 Å². The molecule has 0 aromatic rings. The first-order chi connectivity index (χ1) is 6.16.